The van der Waals surface area contributed by atoms with E-state index in [1.54, 1.807) is 0 Å². The zero-order valence-electron chi connectivity index (χ0n) is 12.3. The lowest BCUT2D eigenvalue weighted by Crippen LogP contribution is -2.31. The number of nitrogens with two attached hydrogens (primary N) is 1. The zero-order chi connectivity index (χ0) is 15.4. The van der Waals surface area contributed by atoms with Crippen LogP contribution in [0.5, 0.6) is 0 Å². The number of benzene rings is 2. The molecule has 0 aliphatic heterocycles. The van der Waals surface area contributed by atoms with Crippen LogP contribution in [0, 0.1) is 18.6 Å². The number of halogens is 2. The molecule has 2 rings (SSSR count). The summed E-state index contributed by atoms with van der Waals surface area (Å²) in [5.41, 5.74) is 8.03. The molecule has 112 valence electrons. The highest BCUT2D eigenvalue weighted by Crippen LogP contribution is 2.25. The second kappa shape index (κ2) is 6.78. The minimum atomic E-state index is -0.554. The molecule has 0 heterocycles. The first-order valence-electron chi connectivity index (χ1n) is 6.92. The van der Waals surface area contributed by atoms with E-state index < -0.39 is 17.7 Å². The molecule has 0 amide bonds. The van der Waals surface area contributed by atoms with Gasteiger partial charge in [0.15, 0.2) is 0 Å². The Hall–Kier alpha value is -1.78. The van der Waals surface area contributed by atoms with Gasteiger partial charge in [-0.05, 0) is 31.7 Å². The second-order valence-electron chi connectivity index (χ2n) is 5.29. The standard InChI is InChI=1S/C17H20F2N2/c1-12-5-3-6-13(9-12)11-21(2)16(10-20)17-14(18)7-4-8-15(17)19/h3-9,16H,10-11,20H2,1-2H3. The van der Waals surface area contributed by atoms with Crippen LogP contribution >= 0.6 is 0 Å². The van der Waals surface area contributed by atoms with Crippen LogP contribution in [0.2, 0.25) is 0 Å². The Balaban J connectivity index is 2.25. The molecule has 2 N–H and O–H groups in total. The number of nitrogens with zero attached hydrogens (tertiary/aromatic N) is 1. The Morgan fingerprint density at radius 1 is 1.10 bits per heavy atom. The van der Waals surface area contributed by atoms with Gasteiger partial charge in [-0.1, -0.05) is 35.9 Å². The van der Waals surface area contributed by atoms with Crippen LogP contribution in [0.25, 0.3) is 0 Å². The van der Waals surface area contributed by atoms with Gasteiger partial charge in [-0.25, -0.2) is 8.78 Å². The quantitative estimate of drug-likeness (QED) is 0.914. The van der Waals surface area contributed by atoms with Crippen molar-refractivity contribution >= 4 is 0 Å². The molecule has 0 bridgehead atoms. The maximum absolute atomic E-state index is 13.9. The highest BCUT2D eigenvalue weighted by molar-refractivity contribution is 5.25. The molecule has 0 aromatic heterocycles. The van der Waals surface area contributed by atoms with Gasteiger partial charge in [0.1, 0.15) is 11.6 Å². The first-order chi connectivity index (χ1) is 10.0. The van der Waals surface area contributed by atoms with Crippen LogP contribution in [0.4, 0.5) is 8.78 Å². The van der Waals surface area contributed by atoms with Gasteiger partial charge in [0.05, 0.1) is 6.04 Å². The molecule has 0 fully saturated rings. The fraction of sp³-hybridized carbons (Fsp3) is 0.294. The van der Waals surface area contributed by atoms with E-state index in [9.17, 15) is 8.78 Å². The van der Waals surface area contributed by atoms with E-state index in [1.165, 1.54) is 18.2 Å². The Bertz CT molecular complexity index is 593. The van der Waals surface area contributed by atoms with Crippen LogP contribution in [-0.2, 0) is 6.54 Å². The molecule has 2 aromatic carbocycles. The topological polar surface area (TPSA) is 29.3 Å². The lowest BCUT2D eigenvalue weighted by molar-refractivity contribution is 0.231. The van der Waals surface area contributed by atoms with Gasteiger partial charge in [0.2, 0.25) is 0 Å². The van der Waals surface area contributed by atoms with E-state index >= 15 is 0 Å². The molecule has 0 spiro atoms. The molecule has 21 heavy (non-hydrogen) atoms. The van der Waals surface area contributed by atoms with Crippen molar-refractivity contribution in [1.29, 1.82) is 0 Å². The summed E-state index contributed by atoms with van der Waals surface area (Å²) < 4.78 is 27.9. The smallest absolute Gasteiger partial charge is 0.130 e. The molecule has 0 radical (unpaired) electrons. The van der Waals surface area contributed by atoms with Gasteiger partial charge in [-0.2, -0.15) is 0 Å². The fourth-order valence-electron chi connectivity index (χ4n) is 2.56. The van der Waals surface area contributed by atoms with Crippen molar-refractivity contribution in [2.75, 3.05) is 13.6 Å². The van der Waals surface area contributed by atoms with E-state index in [4.69, 9.17) is 5.73 Å². The van der Waals surface area contributed by atoms with Crippen LogP contribution in [0.15, 0.2) is 42.5 Å². The van der Waals surface area contributed by atoms with E-state index in [2.05, 4.69) is 6.07 Å². The lowest BCUT2D eigenvalue weighted by atomic mass is 10.0. The van der Waals surface area contributed by atoms with Crippen LogP contribution in [-0.4, -0.2) is 18.5 Å². The molecule has 2 aromatic rings. The van der Waals surface area contributed by atoms with Crippen molar-refractivity contribution < 1.29 is 8.78 Å². The predicted octanol–water partition coefficient (Wildman–Crippen LogP) is 3.41. The molecule has 0 saturated heterocycles. The van der Waals surface area contributed by atoms with Crippen molar-refractivity contribution in [1.82, 2.24) is 4.90 Å². The molecule has 0 aliphatic rings. The van der Waals surface area contributed by atoms with Crippen molar-refractivity contribution in [2.24, 2.45) is 5.73 Å². The van der Waals surface area contributed by atoms with Crippen LogP contribution in [0.3, 0.4) is 0 Å². The largest absolute Gasteiger partial charge is 0.329 e. The zero-order valence-corrected chi connectivity index (χ0v) is 12.3. The maximum atomic E-state index is 13.9. The van der Waals surface area contributed by atoms with Gasteiger partial charge < -0.3 is 5.73 Å². The van der Waals surface area contributed by atoms with Gasteiger partial charge >= 0.3 is 0 Å². The Kier molecular flexibility index (Phi) is 5.04. The summed E-state index contributed by atoms with van der Waals surface area (Å²) in [6.07, 6.45) is 0. The first-order valence-corrected chi connectivity index (χ1v) is 6.92. The first kappa shape index (κ1) is 15.6. The molecule has 0 aliphatic carbocycles. The summed E-state index contributed by atoms with van der Waals surface area (Å²) in [5, 5.41) is 0. The maximum Gasteiger partial charge on any atom is 0.130 e. The molecule has 0 saturated carbocycles. The summed E-state index contributed by atoms with van der Waals surface area (Å²) >= 11 is 0. The number of hydrogen-bond acceptors (Lipinski definition) is 2. The summed E-state index contributed by atoms with van der Waals surface area (Å²) in [6, 6.07) is 11.4. The van der Waals surface area contributed by atoms with E-state index in [1.807, 2.05) is 37.1 Å². The minimum Gasteiger partial charge on any atom is -0.329 e. The molecule has 4 heteroatoms. The van der Waals surface area contributed by atoms with Gasteiger partial charge in [-0.15, -0.1) is 0 Å². The third-order valence-corrected chi connectivity index (χ3v) is 3.60. The lowest BCUT2D eigenvalue weighted by Gasteiger charge is -2.28. The molecular weight excluding hydrogens is 270 g/mol. The van der Waals surface area contributed by atoms with Crippen LogP contribution < -0.4 is 5.73 Å². The highest BCUT2D eigenvalue weighted by atomic mass is 19.1. The van der Waals surface area contributed by atoms with Gasteiger partial charge in [0.25, 0.3) is 0 Å². The number of likely N-dealkylation sites (N-methyl/N-ethyl adjacent to an activating group) is 1. The average molecular weight is 290 g/mol. The molecule has 2 nitrogen and oxygen atoms in total. The van der Waals surface area contributed by atoms with Gasteiger partial charge in [0, 0.05) is 18.7 Å². The van der Waals surface area contributed by atoms with Gasteiger partial charge in [-0.3, -0.25) is 4.90 Å². The SMILES string of the molecule is Cc1cccc(CN(C)C(CN)c2c(F)cccc2F)c1. The second-order valence-corrected chi connectivity index (χ2v) is 5.29. The van der Waals surface area contributed by atoms with Crippen molar-refractivity contribution in [3.8, 4) is 0 Å². The molecular formula is C17H20F2N2. The minimum absolute atomic E-state index is 0.0372. The molecule has 1 atom stereocenters. The summed E-state index contributed by atoms with van der Waals surface area (Å²) in [5.74, 6) is -1.11. The third kappa shape index (κ3) is 3.65. The summed E-state index contributed by atoms with van der Waals surface area (Å²) in [6.45, 7) is 2.75. The van der Waals surface area contributed by atoms with E-state index in [0.29, 0.717) is 6.54 Å². The summed E-state index contributed by atoms with van der Waals surface area (Å²) in [7, 11) is 1.83. The Morgan fingerprint density at radius 2 is 1.71 bits per heavy atom. The number of rotatable bonds is 5. The van der Waals surface area contributed by atoms with Crippen molar-refractivity contribution in [3.63, 3.8) is 0 Å². The summed E-state index contributed by atoms with van der Waals surface area (Å²) in [4.78, 5) is 1.87. The Morgan fingerprint density at radius 3 is 2.29 bits per heavy atom. The Labute approximate surface area is 124 Å². The average Bonchev–Trinajstić information content (AvgIpc) is 2.43. The fourth-order valence-corrected chi connectivity index (χ4v) is 2.56. The van der Waals surface area contributed by atoms with E-state index in [0.717, 1.165) is 11.1 Å². The predicted molar refractivity (Wildman–Crippen MR) is 80.8 cm³/mol. The molecule has 1 unspecified atom stereocenters. The normalized spacial score (nSPS) is 12.7. The van der Waals surface area contributed by atoms with Crippen LogP contribution in [0.1, 0.15) is 22.7 Å². The number of hydrogen-bond donors (Lipinski definition) is 1. The monoisotopic (exact) mass is 290 g/mol. The van der Waals surface area contributed by atoms with Crippen molar-refractivity contribution in [3.05, 3.63) is 70.8 Å². The third-order valence-electron chi connectivity index (χ3n) is 3.60. The number of aryl methyl sites for hydroxylation is 1. The van der Waals surface area contributed by atoms with Crippen molar-refractivity contribution in [2.45, 2.75) is 19.5 Å². The van der Waals surface area contributed by atoms with E-state index in [-0.39, 0.29) is 12.1 Å². The highest BCUT2D eigenvalue weighted by Gasteiger charge is 2.22.